The second kappa shape index (κ2) is 7.13. The highest BCUT2D eigenvalue weighted by Gasteiger charge is 2.24. The molecule has 2 aliphatic rings. The number of hydrogen-bond acceptors (Lipinski definition) is 4. The van der Waals surface area contributed by atoms with Crippen molar-refractivity contribution in [2.75, 3.05) is 13.1 Å². The van der Waals surface area contributed by atoms with Gasteiger partial charge in [-0.15, -0.1) is 0 Å². The van der Waals surface area contributed by atoms with E-state index in [9.17, 15) is 9.18 Å². The van der Waals surface area contributed by atoms with Gasteiger partial charge < -0.3 is 9.88 Å². The molecule has 1 unspecified atom stereocenters. The maximum Gasteiger partial charge on any atom is 0.262 e. The van der Waals surface area contributed by atoms with Crippen LogP contribution in [0.4, 0.5) is 4.39 Å². The van der Waals surface area contributed by atoms with Crippen LogP contribution in [0.5, 0.6) is 0 Å². The van der Waals surface area contributed by atoms with Crippen LogP contribution in [0.2, 0.25) is 0 Å². The summed E-state index contributed by atoms with van der Waals surface area (Å²) in [5.41, 5.74) is 1.97. The zero-order valence-electron chi connectivity index (χ0n) is 15.5. The number of aromatic amines is 1. The lowest BCUT2D eigenvalue weighted by atomic mass is 10.0. The second-order valence-electron chi connectivity index (χ2n) is 7.36. The zero-order chi connectivity index (χ0) is 19.0. The van der Waals surface area contributed by atoms with E-state index >= 15 is 0 Å². The number of rotatable bonds is 4. The largest absolute Gasteiger partial charge is 0.373 e. The normalized spacial score (nSPS) is 20.5. The Labute approximate surface area is 157 Å². The topological polar surface area (TPSA) is 66.8 Å². The highest BCUT2D eigenvalue weighted by Crippen LogP contribution is 2.26. The van der Waals surface area contributed by atoms with Gasteiger partial charge in [-0.1, -0.05) is 18.7 Å². The Bertz CT molecular complexity index is 999. The first kappa shape index (κ1) is 17.7. The van der Waals surface area contributed by atoms with E-state index in [-0.39, 0.29) is 23.8 Å². The third-order valence-electron chi connectivity index (χ3n) is 5.35. The lowest BCUT2D eigenvalue weighted by molar-refractivity contribution is 0.213. The van der Waals surface area contributed by atoms with Crippen LogP contribution in [0.1, 0.15) is 44.5 Å². The van der Waals surface area contributed by atoms with Crippen molar-refractivity contribution >= 4 is 11.0 Å². The minimum atomic E-state index is -0.227. The number of likely N-dealkylation sites (tertiary alicyclic amines) is 1. The minimum Gasteiger partial charge on any atom is -0.373 e. The first-order valence-electron chi connectivity index (χ1n) is 9.44. The van der Waals surface area contributed by atoms with E-state index in [1.54, 1.807) is 12.3 Å². The fraction of sp³-hybridized carbons (Fsp3) is 0.450. The van der Waals surface area contributed by atoms with E-state index in [4.69, 9.17) is 0 Å². The van der Waals surface area contributed by atoms with Gasteiger partial charge in [-0.3, -0.25) is 4.79 Å². The number of nitrogens with zero attached hydrogens (tertiary/aromatic N) is 4. The summed E-state index contributed by atoms with van der Waals surface area (Å²) in [6, 6.07) is 0.139. The highest BCUT2D eigenvalue weighted by atomic mass is 19.1. The molecule has 0 radical (unpaired) electrons. The molecule has 1 fully saturated rings. The molecular weight excluding hydrogens is 345 g/mol. The second-order valence-corrected chi connectivity index (χ2v) is 7.36. The summed E-state index contributed by atoms with van der Waals surface area (Å²) >= 11 is 0. The Morgan fingerprint density at radius 1 is 1.48 bits per heavy atom. The van der Waals surface area contributed by atoms with Crippen LogP contribution in [0.15, 0.2) is 46.8 Å². The average molecular weight is 369 g/mol. The van der Waals surface area contributed by atoms with Crippen LogP contribution in [-0.2, 0) is 6.42 Å². The van der Waals surface area contributed by atoms with Gasteiger partial charge in [0, 0.05) is 31.6 Å². The molecule has 1 saturated heterocycles. The molecule has 1 aliphatic heterocycles. The molecule has 7 heteroatoms. The van der Waals surface area contributed by atoms with Crippen molar-refractivity contribution in [1.82, 2.24) is 24.6 Å². The summed E-state index contributed by atoms with van der Waals surface area (Å²) in [5.74, 6) is 0.344. The molecule has 3 heterocycles. The van der Waals surface area contributed by atoms with Crippen LogP contribution >= 0.6 is 0 Å². The fourth-order valence-electron chi connectivity index (χ4n) is 3.86. The van der Waals surface area contributed by atoms with Gasteiger partial charge in [0.05, 0.1) is 12.2 Å². The fourth-order valence-corrected chi connectivity index (χ4v) is 3.86. The van der Waals surface area contributed by atoms with Gasteiger partial charge in [0.25, 0.3) is 5.56 Å². The van der Waals surface area contributed by atoms with Crippen LogP contribution in [0.25, 0.3) is 11.0 Å². The Hall–Kier alpha value is -2.70. The number of hydrogen-bond donors (Lipinski definition) is 1. The van der Waals surface area contributed by atoms with E-state index < -0.39 is 0 Å². The Morgan fingerprint density at radius 3 is 3.11 bits per heavy atom. The third-order valence-corrected chi connectivity index (χ3v) is 5.35. The number of nitrogens with one attached hydrogen (secondary N) is 1. The van der Waals surface area contributed by atoms with Gasteiger partial charge in [0.15, 0.2) is 5.65 Å². The van der Waals surface area contributed by atoms with Crippen molar-refractivity contribution in [3.05, 3.63) is 58.2 Å². The van der Waals surface area contributed by atoms with Crippen LogP contribution < -0.4 is 5.56 Å². The number of halogens is 1. The molecule has 0 aromatic carbocycles. The Balaban J connectivity index is 1.69. The van der Waals surface area contributed by atoms with Crippen LogP contribution in [0.3, 0.4) is 0 Å². The van der Waals surface area contributed by atoms with Gasteiger partial charge in [-0.05, 0) is 31.8 Å². The first-order chi connectivity index (χ1) is 13.0. The molecule has 0 spiro atoms. The third kappa shape index (κ3) is 3.46. The molecular formula is C20H24FN5O. The molecule has 0 saturated carbocycles. The predicted octanol–water partition coefficient (Wildman–Crippen LogP) is 3.41. The van der Waals surface area contributed by atoms with Crippen molar-refractivity contribution in [2.45, 2.75) is 45.1 Å². The standard InChI is InChI=1S/C20H24FN5O/c1-13(2)25-9-5-7-15(12-25)26-19-16(11-22-26)20(27)24-18(23-19)10-14-6-3-4-8-17(14)21/h3,6,11,15H,1,4-5,7-10,12H2,2H3,(H,23,24,27). The molecule has 0 bridgehead atoms. The molecule has 4 rings (SSSR count). The van der Waals surface area contributed by atoms with Crippen molar-refractivity contribution in [1.29, 1.82) is 0 Å². The lowest BCUT2D eigenvalue weighted by Crippen LogP contribution is -2.35. The lowest BCUT2D eigenvalue weighted by Gasteiger charge is -2.34. The van der Waals surface area contributed by atoms with E-state index in [0.29, 0.717) is 35.3 Å². The summed E-state index contributed by atoms with van der Waals surface area (Å²) < 4.78 is 15.9. The van der Waals surface area contributed by atoms with Crippen molar-refractivity contribution in [2.24, 2.45) is 0 Å². The summed E-state index contributed by atoms with van der Waals surface area (Å²) in [4.78, 5) is 22.2. The zero-order valence-corrected chi connectivity index (χ0v) is 15.5. The molecule has 27 heavy (non-hydrogen) atoms. The minimum absolute atomic E-state index is 0.127. The molecule has 1 aliphatic carbocycles. The maximum atomic E-state index is 14.1. The van der Waals surface area contributed by atoms with E-state index in [0.717, 1.165) is 31.6 Å². The monoisotopic (exact) mass is 369 g/mol. The Morgan fingerprint density at radius 2 is 2.33 bits per heavy atom. The van der Waals surface area contributed by atoms with Crippen molar-refractivity contribution < 1.29 is 4.39 Å². The first-order valence-corrected chi connectivity index (χ1v) is 9.44. The van der Waals surface area contributed by atoms with Gasteiger partial charge >= 0.3 is 0 Å². The Kier molecular flexibility index (Phi) is 4.68. The molecule has 1 N–H and O–H groups in total. The molecule has 1 atom stereocenters. The number of aromatic nitrogens is 4. The van der Waals surface area contributed by atoms with Crippen molar-refractivity contribution in [3.8, 4) is 0 Å². The highest BCUT2D eigenvalue weighted by molar-refractivity contribution is 5.73. The van der Waals surface area contributed by atoms with Crippen molar-refractivity contribution in [3.63, 3.8) is 0 Å². The summed E-state index contributed by atoms with van der Waals surface area (Å²) in [6.45, 7) is 7.83. The van der Waals surface area contributed by atoms with E-state index in [1.807, 2.05) is 17.7 Å². The van der Waals surface area contributed by atoms with Gasteiger partial charge in [-0.2, -0.15) is 5.10 Å². The molecule has 142 valence electrons. The molecule has 6 nitrogen and oxygen atoms in total. The summed E-state index contributed by atoms with van der Waals surface area (Å²) in [6.07, 6.45) is 8.73. The SMILES string of the molecule is C=C(C)N1CCCC(n2ncc3c(=O)[nH]c(CC4=C(F)CCC=C4)nc32)C1. The average Bonchev–Trinajstić information content (AvgIpc) is 3.08. The maximum absolute atomic E-state index is 14.1. The smallest absolute Gasteiger partial charge is 0.262 e. The molecule has 0 amide bonds. The molecule has 2 aromatic rings. The van der Waals surface area contributed by atoms with Gasteiger partial charge in [0.1, 0.15) is 17.0 Å². The van der Waals surface area contributed by atoms with E-state index in [1.165, 1.54) is 0 Å². The quantitative estimate of drug-likeness (QED) is 0.897. The number of allylic oxidation sites excluding steroid dienone is 5. The summed E-state index contributed by atoms with van der Waals surface area (Å²) in [5, 5.41) is 4.93. The number of H-pyrrole nitrogens is 1. The molecule has 2 aromatic heterocycles. The van der Waals surface area contributed by atoms with Gasteiger partial charge in [0.2, 0.25) is 0 Å². The number of piperidine rings is 1. The van der Waals surface area contributed by atoms with Gasteiger partial charge in [-0.25, -0.2) is 14.1 Å². The summed E-state index contributed by atoms with van der Waals surface area (Å²) in [7, 11) is 0. The van der Waals surface area contributed by atoms with Crippen LogP contribution in [-0.4, -0.2) is 37.7 Å². The number of fused-ring (bicyclic) bond motifs is 1. The van der Waals surface area contributed by atoms with Crippen LogP contribution in [0, 0.1) is 0 Å². The van der Waals surface area contributed by atoms with E-state index in [2.05, 4.69) is 26.5 Å². The predicted molar refractivity (Wildman–Crippen MR) is 103 cm³/mol.